The van der Waals surface area contributed by atoms with Gasteiger partial charge in [-0.2, -0.15) is 0 Å². The largest absolute Gasteiger partial charge is 0.361 e. The quantitative estimate of drug-likeness (QED) is 0.828. The Hall–Kier alpha value is -0.900. The zero-order valence-corrected chi connectivity index (χ0v) is 12.8. The number of ether oxygens (including phenoxy) is 1. The summed E-state index contributed by atoms with van der Waals surface area (Å²) in [5, 5.41) is 3.56. The summed E-state index contributed by atoms with van der Waals surface area (Å²) in [5.74, 6) is 0. The van der Waals surface area contributed by atoms with Crippen LogP contribution in [-0.2, 0) is 11.3 Å². The van der Waals surface area contributed by atoms with Gasteiger partial charge >= 0.3 is 0 Å². The second-order valence-electron chi connectivity index (χ2n) is 5.99. The Balaban J connectivity index is 1.74. The molecule has 2 rings (SSSR count). The minimum absolute atomic E-state index is 0.559. The zero-order chi connectivity index (χ0) is 14.2. The maximum Gasteiger partial charge on any atom is 0.0997 e. The van der Waals surface area contributed by atoms with Gasteiger partial charge in [0.1, 0.15) is 0 Å². The first-order valence-corrected chi connectivity index (χ1v) is 7.85. The van der Waals surface area contributed by atoms with Crippen molar-refractivity contribution in [2.24, 2.45) is 0 Å². The molecule has 1 saturated heterocycles. The fraction of sp³-hybridized carbons (Fsp3) is 0.647. The fourth-order valence-corrected chi connectivity index (χ4v) is 2.69. The third kappa shape index (κ3) is 5.23. The summed E-state index contributed by atoms with van der Waals surface area (Å²) in [6, 6.07) is 11.6. The first kappa shape index (κ1) is 15.5. The number of benzene rings is 1. The van der Waals surface area contributed by atoms with Gasteiger partial charge in [0, 0.05) is 25.2 Å². The van der Waals surface area contributed by atoms with E-state index in [1.807, 2.05) is 6.07 Å². The molecule has 1 aliphatic heterocycles. The van der Waals surface area contributed by atoms with E-state index in [2.05, 4.69) is 48.3 Å². The average Bonchev–Trinajstić information content (AvgIpc) is 2.47. The summed E-state index contributed by atoms with van der Waals surface area (Å²) in [5.41, 5.74) is 1.25. The van der Waals surface area contributed by atoms with Crippen LogP contribution in [0.5, 0.6) is 0 Å². The number of hydrogen-bond acceptors (Lipinski definition) is 3. The number of hydrogen-bond donors (Lipinski definition) is 1. The van der Waals surface area contributed by atoms with Crippen LogP contribution in [0.4, 0.5) is 0 Å². The number of nitrogens with zero attached hydrogens (tertiary/aromatic N) is 1. The van der Waals surface area contributed by atoms with Gasteiger partial charge < -0.3 is 10.1 Å². The van der Waals surface area contributed by atoms with E-state index in [9.17, 15) is 0 Å². The van der Waals surface area contributed by atoms with E-state index in [1.54, 1.807) is 0 Å². The van der Waals surface area contributed by atoms with Crippen molar-refractivity contribution < 1.29 is 4.74 Å². The van der Waals surface area contributed by atoms with Gasteiger partial charge in [0.25, 0.3) is 0 Å². The maximum absolute atomic E-state index is 5.89. The Labute approximate surface area is 123 Å². The first-order chi connectivity index (χ1) is 9.75. The molecule has 20 heavy (non-hydrogen) atoms. The van der Waals surface area contributed by atoms with Crippen LogP contribution in [0.3, 0.4) is 0 Å². The van der Waals surface area contributed by atoms with E-state index in [-0.39, 0.29) is 0 Å². The second-order valence-corrected chi connectivity index (χ2v) is 5.99. The van der Waals surface area contributed by atoms with Gasteiger partial charge in [0.05, 0.1) is 13.3 Å². The highest BCUT2D eigenvalue weighted by Crippen LogP contribution is 2.16. The SMILES string of the molecule is CC(C)NCC1CCCCN1COCc1ccccc1. The molecule has 1 heterocycles. The zero-order valence-electron chi connectivity index (χ0n) is 12.8. The van der Waals surface area contributed by atoms with E-state index in [4.69, 9.17) is 4.74 Å². The van der Waals surface area contributed by atoms with Gasteiger partial charge in [-0.1, -0.05) is 50.6 Å². The minimum atomic E-state index is 0.559. The summed E-state index contributed by atoms with van der Waals surface area (Å²) >= 11 is 0. The van der Waals surface area contributed by atoms with Gasteiger partial charge in [-0.15, -0.1) is 0 Å². The van der Waals surface area contributed by atoms with E-state index in [1.165, 1.54) is 31.4 Å². The van der Waals surface area contributed by atoms with Crippen LogP contribution in [-0.4, -0.2) is 36.8 Å². The molecule has 0 amide bonds. The number of rotatable bonds is 7. The van der Waals surface area contributed by atoms with Gasteiger partial charge in [-0.25, -0.2) is 0 Å². The molecule has 1 N–H and O–H groups in total. The molecule has 1 aromatic carbocycles. The molecule has 1 aromatic rings. The van der Waals surface area contributed by atoms with E-state index in [0.29, 0.717) is 18.7 Å². The van der Waals surface area contributed by atoms with Crippen molar-refractivity contribution in [2.45, 2.75) is 51.8 Å². The predicted octanol–water partition coefficient (Wildman–Crippen LogP) is 3.01. The summed E-state index contributed by atoms with van der Waals surface area (Å²) in [4.78, 5) is 2.49. The van der Waals surface area contributed by atoms with Crippen molar-refractivity contribution in [3.8, 4) is 0 Å². The van der Waals surface area contributed by atoms with Crippen LogP contribution in [0.2, 0.25) is 0 Å². The first-order valence-electron chi connectivity index (χ1n) is 7.85. The standard InChI is InChI=1S/C17H28N2O/c1-15(2)18-12-17-10-6-7-11-19(17)14-20-13-16-8-4-3-5-9-16/h3-5,8-9,15,17-18H,6-7,10-14H2,1-2H3. The third-order valence-corrected chi connectivity index (χ3v) is 3.88. The van der Waals surface area contributed by atoms with E-state index < -0.39 is 0 Å². The predicted molar refractivity (Wildman–Crippen MR) is 83.6 cm³/mol. The molecule has 0 saturated carbocycles. The molecule has 1 aliphatic rings. The van der Waals surface area contributed by atoms with Crippen molar-refractivity contribution >= 4 is 0 Å². The van der Waals surface area contributed by atoms with Crippen molar-refractivity contribution in [3.63, 3.8) is 0 Å². The molecular formula is C17H28N2O. The van der Waals surface area contributed by atoms with Crippen LogP contribution >= 0.6 is 0 Å². The summed E-state index contributed by atoms with van der Waals surface area (Å²) in [6.07, 6.45) is 3.93. The molecule has 0 radical (unpaired) electrons. The lowest BCUT2D eigenvalue weighted by atomic mass is 10.0. The molecule has 0 aliphatic carbocycles. The maximum atomic E-state index is 5.89. The topological polar surface area (TPSA) is 24.5 Å². The monoisotopic (exact) mass is 276 g/mol. The van der Waals surface area contributed by atoms with Gasteiger partial charge in [0.2, 0.25) is 0 Å². The summed E-state index contributed by atoms with van der Waals surface area (Å²) < 4.78 is 5.89. The lowest BCUT2D eigenvalue weighted by Crippen LogP contribution is -2.47. The van der Waals surface area contributed by atoms with Crippen molar-refractivity contribution in [2.75, 3.05) is 19.8 Å². The lowest BCUT2D eigenvalue weighted by Gasteiger charge is -2.36. The van der Waals surface area contributed by atoms with Gasteiger partial charge in [-0.05, 0) is 18.4 Å². The molecule has 0 bridgehead atoms. The van der Waals surface area contributed by atoms with Crippen molar-refractivity contribution in [3.05, 3.63) is 35.9 Å². The second kappa shape index (κ2) is 8.40. The average molecular weight is 276 g/mol. The van der Waals surface area contributed by atoms with Crippen molar-refractivity contribution in [1.82, 2.24) is 10.2 Å². The van der Waals surface area contributed by atoms with Crippen LogP contribution < -0.4 is 5.32 Å². The third-order valence-electron chi connectivity index (χ3n) is 3.88. The number of piperidine rings is 1. The number of nitrogens with one attached hydrogen (secondary N) is 1. The van der Waals surface area contributed by atoms with Crippen LogP contribution in [0.25, 0.3) is 0 Å². The molecule has 1 unspecified atom stereocenters. The Morgan fingerprint density at radius 1 is 1.25 bits per heavy atom. The molecule has 1 atom stereocenters. The normalized spacial score (nSPS) is 20.4. The summed E-state index contributed by atoms with van der Waals surface area (Å²) in [7, 11) is 0. The molecule has 112 valence electrons. The Kier molecular flexibility index (Phi) is 6.51. The molecule has 0 spiro atoms. The van der Waals surface area contributed by atoms with Crippen molar-refractivity contribution in [1.29, 1.82) is 0 Å². The molecule has 3 nitrogen and oxygen atoms in total. The summed E-state index contributed by atoms with van der Waals surface area (Å²) in [6.45, 7) is 8.12. The smallest absolute Gasteiger partial charge is 0.0997 e. The van der Waals surface area contributed by atoms with E-state index in [0.717, 1.165) is 13.3 Å². The minimum Gasteiger partial charge on any atom is -0.361 e. The highest BCUT2D eigenvalue weighted by molar-refractivity contribution is 5.13. The number of likely N-dealkylation sites (tertiary alicyclic amines) is 1. The highest BCUT2D eigenvalue weighted by Gasteiger charge is 2.22. The molecular weight excluding hydrogens is 248 g/mol. The fourth-order valence-electron chi connectivity index (χ4n) is 2.69. The highest BCUT2D eigenvalue weighted by atomic mass is 16.5. The van der Waals surface area contributed by atoms with Crippen LogP contribution in [0.15, 0.2) is 30.3 Å². The van der Waals surface area contributed by atoms with Crippen LogP contribution in [0, 0.1) is 0 Å². The van der Waals surface area contributed by atoms with Gasteiger partial charge in [-0.3, -0.25) is 4.90 Å². The molecule has 0 aromatic heterocycles. The molecule has 1 fully saturated rings. The Morgan fingerprint density at radius 2 is 2.05 bits per heavy atom. The molecule has 3 heteroatoms. The van der Waals surface area contributed by atoms with E-state index >= 15 is 0 Å². The lowest BCUT2D eigenvalue weighted by molar-refractivity contribution is -0.0174. The Morgan fingerprint density at radius 3 is 2.80 bits per heavy atom. The van der Waals surface area contributed by atoms with Crippen LogP contribution in [0.1, 0.15) is 38.7 Å². The van der Waals surface area contributed by atoms with Gasteiger partial charge in [0.15, 0.2) is 0 Å². The Bertz CT molecular complexity index is 367.